The van der Waals surface area contributed by atoms with E-state index in [0.29, 0.717) is 6.54 Å². The van der Waals surface area contributed by atoms with Crippen LogP contribution in [0.1, 0.15) is 23.7 Å². The Bertz CT molecular complexity index is 426. The standard InChI is InChI=1S/C10H18N2O2S2/c1-4-10-12-6-9(15-10)5-11-8(2)7-16(3,13)14/h6,8,11H,4-5,7H2,1-3H3. The van der Waals surface area contributed by atoms with Gasteiger partial charge in [-0.05, 0) is 13.3 Å². The molecule has 1 heterocycles. The molecule has 0 radical (unpaired) electrons. The second kappa shape index (κ2) is 5.75. The lowest BCUT2D eigenvalue weighted by molar-refractivity contribution is 0.562. The first-order valence-electron chi connectivity index (χ1n) is 5.25. The van der Waals surface area contributed by atoms with Crippen LogP contribution in [-0.2, 0) is 22.8 Å². The van der Waals surface area contributed by atoms with Crippen molar-refractivity contribution in [3.63, 3.8) is 0 Å². The molecule has 1 rings (SSSR count). The van der Waals surface area contributed by atoms with Crippen LogP contribution >= 0.6 is 11.3 Å². The molecule has 1 aromatic rings. The number of rotatable bonds is 6. The summed E-state index contributed by atoms with van der Waals surface area (Å²) in [6, 6.07) is -0.0258. The van der Waals surface area contributed by atoms with Crippen molar-refractivity contribution >= 4 is 21.2 Å². The van der Waals surface area contributed by atoms with E-state index in [2.05, 4.69) is 17.2 Å². The summed E-state index contributed by atoms with van der Waals surface area (Å²) in [5.41, 5.74) is 0. The zero-order valence-electron chi connectivity index (χ0n) is 9.86. The van der Waals surface area contributed by atoms with Crippen LogP contribution in [-0.4, -0.2) is 31.5 Å². The van der Waals surface area contributed by atoms with Crippen LogP contribution < -0.4 is 5.32 Å². The predicted molar refractivity (Wildman–Crippen MR) is 67.5 cm³/mol. The number of aryl methyl sites for hydroxylation is 1. The quantitative estimate of drug-likeness (QED) is 0.837. The molecule has 1 unspecified atom stereocenters. The fourth-order valence-corrected chi connectivity index (χ4v) is 3.22. The van der Waals surface area contributed by atoms with E-state index >= 15 is 0 Å². The zero-order chi connectivity index (χ0) is 12.2. The van der Waals surface area contributed by atoms with Gasteiger partial charge < -0.3 is 5.32 Å². The highest BCUT2D eigenvalue weighted by Gasteiger charge is 2.10. The normalized spacial score (nSPS) is 13.9. The van der Waals surface area contributed by atoms with E-state index in [1.807, 2.05) is 13.1 Å². The second-order valence-corrected chi connectivity index (χ2v) is 7.33. The number of nitrogens with one attached hydrogen (secondary N) is 1. The van der Waals surface area contributed by atoms with E-state index in [1.165, 1.54) is 6.26 Å². The highest BCUT2D eigenvalue weighted by Crippen LogP contribution is 2.13. The average molecular weight is 262 g/mol. The summed E-state index contributed by atoms with van der Waals surface area (Å²) in [4.78, 5) is 5.40. The highest BCUT2D eigenvalue weighted by molar-refractivity contribution is 7.90. The lowest BCUT2D eigenvalue weighted by Crippen LogP contribution is -2.31. The first-order chi connectivity index (χ1) is 7.40. The van der Waals surface area contributed by atoms with E-state index < -0.39 is 9.84 Å². The van der Waals surface area contributed by atoms with Gasteiger partial charge in [-0.15, -0.1) is 11.3 Å². The molecule has 0 amide bonds. The lowest BCUT2D eigenvalue weighted by atomic mass is 10.4. The number of thiazole rings is 1. The van der Waals surface area contributed by atoms with Crippen molar-refractivity contribution in [2.75, 3.05) is 12.0 Å². The average Bonchev–Trinajstić information content (AvgIpc) is 2.59. The summed E-state index contributed by atoms with van der Waals surface area (Å²) >= 11 is 1.67. The van der Waals surface area contributed by atoms with Gasteiger partial charge in [-0.3, -0.25) is 0 Å². The largest absolute Gasteiger partial charge is 0.308 e. The maximum atomic E-state index is 11.1. The molecule has 1 atom stereocenters. The molecule has 0 saturated heterocycles. The lowest BCUT2D eigenvalue weighted by Gasteiger charge is -2.11. The van der Waals surface area contributed by atoms with Gasteiger partial charge >= 0.3 is 0 Å². The molecular weight excluding hydrogens is 244 g/mol. The Morgan fingerprint density at radius 3 is 2.75 bits per heavy atom. The van der Waals surface area contributed by atoms with Crippen LogP contribution in [0, 0.1) is 0 Å². The van der Waals surface area contributed by atoms with Gasteiger partial charge in [0, 0.05) is 29.9 Å². The summed E-state index contributed by atoms with van der Waals surface area (Å²) < 4.78 is 22.1. The Hall–Kier alpha value is -0.460. The van der Waals surface area contributed by atoms with Gasteiger partial charge in [0.05, 0.1) is 10.8 Å². The fraction of sp³-hybridized carbons (Fsp3) is 0.700. The molecule has 0 spiro atoms. The minimum Gasteiger partial charge on any atom is -0.308 e. The molecule has 92 valence electrons. The van der Waals surface area contributed by atoms with E-state index in [0.717, 1.165) is 16.3 Å². The third-order valence-corrected chi connectivity index (χ3v) is 4.33. The smallest absolute Gasteiger partial charge is 0.148 e. The van der Waals surface area contributed by atoms with Crippen molar-refractivity contribution in [3.8, 4) is 0 Å². The summed E-state index contributed by atoms with van der Waals surface area (Å²) in [5, 5.41) is 4.30. The van der Waals surface area contributed by atoms with Crippen molar-refractivity contribution < 1.29 is 8.42 Å². The fourth-order valence-electron chi connectivity index (χ4n) is 1.38. The maximum absolute atomic E-state index is 11.1. The van der Waals surface area contributed by atoms with Gasteiger partial charge in [0.15, 0.2) is 0 Å². The van der Waals surface area contributed by atoms with E-state index in [1.54, 1.807) is 11.3 Å². The summed E-state index contributed by atoms with van der Waals surface area (Å²) in [6.07, 6.45) is 4.06. The Morgan fingerprint density at radius 2 is 2.25 bits per heavy atom. The molecular formula is C10H18N2O2S2. The van der Waals surface area contributed by atoms with E-state index in [-0.39, 0.29) is 11.8 Å². The number of hydrogen-bond acceptors (Lipinski definition) is 5. The van der Waals surface area contributed by atoms with Crippen LogP contribution in [0.15, 0.2) is 6.20 Å². The van der Waals surface area contributed by atoms with Gasteiger partial charge in [-0.2, -0.15) is 0 Å². The summed E-state index contributed by atoms with van der Waals surface area (Å²) in [7, 11) is -2.90. The Labute approximate surface area is 101 Å². The van der Waals surface area contributed by atoms with Crippen molar-refractivity contribution in [2.24, 2.45) is 0 Å². The summed E-state index contributed by atoms with van der Waals surface area (Å²) in [5.74, 6) is 0.173. The number of aromatic nitrogens is 1. The topological polar surface area (TPSA) is 59.1 Å². The molecule has 6 heteroatoms. The minimum atomic E-state index is -2.90. The molecule has 0 aliphatic carbocycles. The molecule has 0 aliphatic heterocycles. The molecule has 16 heavy (non-hydrogen) atoms. The Balaban J connectivity index is 2.39. The van der Waals surface area contributed by atoms with Gasteiger partial charge in [0.25, 0.3) is 0 Å². The summed E-state index contributed by atoms with van der Waals surface area (Å²) in [6.45, 7) is 4.64. The highest BCUT2D eigenvalue weighted by atomic mass is 32.2. The first-order valence-corrected chi connectivity index (χ1v) is 8.13. The van der Waals surface area contributed by atoms with Crippen LogP contribution in [0.3, 0.4) is 0 Å². The first kappa shape index (κ1) is 13.6. The Morgan fingerprint density at radius 1 is 1.56 bits per heavy atom. The molecule has 0 fully saturated rings. The number of sulfone groups is 1. The molecule has 0 aromatic carbocycles. The Kier molecular flexibility index (Phi) is 4.89. The van der Waals surface area contributed by atoms with Crippen LogP contribution in [0.2, 0.25) is 0 Å². The van der Waals surface area contributed by atoms with E-state index in [9.17, 15) is 8.42 Å². The zero-order valence-corrected chi connectivity index (χ0v) is 11.5. The van der Waals surface area contributed by atoms with Gasteiger partial charge in [-0.1, -0.05) is 6.92 Å². The van der Waals surface area contributed by atoms with Gasteiger partial charge in [0.1, 0.15) is 9.84 Å². The minimum absolute atomic E-state index is 0.0258. The molecule has 0 bridgehead atoms. The predicted octanol–water partition coefficient (Wildman–Crippen LogP) is 1.23. The van der Waals surface area contributed by atoms with Gasteiger partial charge in [0.2, 0.25) is 0 Å². The van der Waals surface area contributed by atoms with E-state index in [4.69, 9.17) is 0 Å². The molecule has 0 aliphatic rings. The molecule has 1 aromatic heterocycles. The van der Waals surface area contributed by atoms with Crippen molar-refractivity contribution in [1.29, 1.82) is 0 Å². The maximum Gasteiger partial charge on any atom is 0.148 e. The van der Waals surface area contributed by atoms with Crippen LogP contribution in [0.4, 0.5) is 0 Å². The second-order valence-electron chi connectivity index (χ2n) is 3.95. The number of hydrogen-bond donors (Lipinski definition) is 1. The van der Waals surface area contributed by atoms with Crippen molar-refractivity contribution in [2.45, 2.75) is 32.9 Å². The molecule has 1 N–H and O–H groups in total. The molecule has 0 saturated carbocycles. The monoisotopic (exact) mass is 262 g/mol. The SMILES string of the molecule is CCc1ncc(CNC(C)CS(C)(=O)=O)s1. The van der Waals surface area contributed by atoms with Crippen molar-refractivity contribution in [1.82, 2.24) is 10.3 Å². The van der Waals surface area contributed by atoms with Gasteiger partial charge in [-0.25, -0.2) is 13.4 Å². The van der Waals surface area contributed by atoms with Crippen LogP contribution in [0.25, 0.3) is 0 Å². The number of nitrogens with zero attached hydrogens (tertiary/aromatic N) is 1. The molecule has 4 nitrogen and oxygen atoms in total. The third-order valence-electron chi connectivity index (χ3n) is 2.08. The van der Waals surface area contributed by atoms with Crippen LogP contribution in [0.5, 0.6) is 0 Å². The van der Waals surface area contributed by atoms with Crippen molar-refractivity contribution in [3.05, 3.63) is 16.1 Å². The third kappa shape index (κ3) is 5.05.